The van der Waals surface area contributed by atoms with Crippen molar-refractivity contribution in [1.82, 2.24) is 5.32 Å². The maximum atomic E-state index is 12.4. The number of esters is 1. The molecule has 0 aromatic heterocycles. The van der Waals surface area contributed by atoms with Gasteiger partial charge in [0.05, 0.1) is 25.4 Å². The second-order valence-corrected chi connectivity index (χ2v) is 21.4. The van der Waals surface area contributed by atoms with Crippen LogP contribution in [0.1, 0.15) is 348 Å². The topological polar surface area (TPSA) is 95.9 Å². The number of carbonyl (C=O) groups is 2. The number of nitrogens with one attached hydrogen (secondary N) is 1. The van der Waals surface area contributed by atoms with E-state index in [0.29, 0.717) is 19.4 Å². The second-order valence-electron chi connectivity index (χ2n) is 21.4. The van der Waals surface area contributed by atoms with Crippen molar-refractivity contribution in [1.29, 1.82) is 0 Å². The van der Waals surface area contributed by atoms with E-state index >= 15 is 0 Å². The highest BCUT2D eigenvalue weighted by Gasteiger charge is 2.18. The maximum Gasteiger partial charge on any atom is 0.305 e. The molecule has 0 fully saturated rings. The van der Waals surface area contributed by atoms with E-state index in [1.807, 2.05) is 6.08 Å². The summed E-state index contributed by atoms with van der Waals surface area (Å²) in [4.78, 5) is 24.5. The number of aliphatic hydroxyl groups excluding tert-OH is 2. The molecule has 0 aromatic rings. The Bertz CT molecular complexity index is 1020. The molecular formula is C62H121NO5. The maximum absolute atomic E-state index is 12.4. The minimum absolute atomic E-state index is 0.0203. The van der Waals surface area contributed by atoms with Crippen LogP contribution in [0.4, 0.5) is 0 Å². The lowest BCUT2D eigenvalue weighted by Crippen LogP contribution is -2.45. The highest BCUT2D eigenvalue weighted by molar-refractivity contribution is 5.76. The van der Waals surface area contributed by atoms with E-state index in [2.05, 4.69) is 19.2 Å². The number of aliphatic hydroxyl groups is 2. The van der Waals surface area contributed by atoms with Crippen LogP contribution < -0.4 is 5.32 Å². The fraction of sp³-hybridized carbons (Fsp3) is 0.935. The van der Waals surface area contributed by atoms with E-state index in [1.54, 1.807) is 6.08 Å². The van der Waals surface area contributed by atoms with E-state index in [4.69, 9.17) is 4.74 Å². The summed E-state index contributed by atoms with van der Waals surface area (Å²) in [5, 5.41) is 22.9. The Morgan fingerprint density at radius 2 is 0.676 bits per heavy atom. The average Bonchev–Trinajstić information content (AvgIpc) is 3.34. The molecule has 3 N–H and O–H groups in total. The first-order valence-corrected chi connectivity index (χ1v) is 31.0. The zero-order valence-electron chi connectivity index (χ0n) is 46.1. The number of carbonyl (C=O) groups excluding carboxylic acids is 2. The van der Waals surface area contributed by atoms with Gasteiger partial charge in [0.25, 0.3) is 0 Å². The van der Waals surface area contributed by atoms with Gasteiger partial charge in [-0.3, -0.25) is 9.59 Å². The SMILES string of the molecule is CCCCCCCCC/C=C/C(O)C(CO)NC(=O)CCCCCCCCCCCCCCCCCCCCCCCCCCCOC(=O)CCCCCCCCCCCCCCCCCCC. The smallest absolute Gasteiger partial charge is 0.305 e. The number of unbranched alkanes of at least 4 members (excludes halogenated alkanes) is 47. The van der Waals surface area contributed by atoms with Crippen LogP contribution in [0.3, 0.4) is 0 Å². The molecule has 6 heteroatoms. The summed E-state index contributed by atoms with van der Waals surface area (Å²) in [6.45, 7) is 4.90. The van der Waals surface area contributed by atoms with Crippen LogP contribution in [0.25, 0.3) is 0 Å². The first-order chi connectivity index (χ1) is 33.5. The standard InChI is InChI=1S/C62H121NO5/c1-3-5-7-9-11-13-14-15-16-26-30-33-36-40-44-48-52-56-62(67)68-57-53-49-45-41-37-34-31-28-25-23-21-19-17-18-20-22-24-27-29-32-35-39-43-47-51-55-61(66)63-59(58-64)60(65)54-50-46-42-38-12-10-8-6-4-2/h50,54,59-60,64-65H,3-49,51-53,55-58H2,1-2H3,(H,63,66)/b54-50+. The van der Waals surface area contributed by atoms with Crippen molar-refractivity contribution in [3.63, 3.8) is 0 Å². The molecule has 2 atom stereocenters. The van der Waals surface area contributed by atoms with Gasteiger partial charge < -0.3 is 20.3 Å². The van der Waals surface area contributed by atoms with E-state index in [9.17, 15) is 19.8 Å². The van der Waals surface area contributed by atoms with Crippen molar-refractivity contribution in [2.45, 2.75) is 360 Å². The predicted octanol–water partition coefficient (Wildman–Crippen LogP) is 19.2. The van der Waals surface area contributed by atoms with Gasteiger partial charge >= 0.3 is 5.97 Å². The number of rotatable bonds is 58. The van der Waals surface area contributed by atoms with Crippen LogP contribution in [-0.4, -0.2) is 47.4 Å². The van der Waals surface area contributed by atoms with E-state index in [0.717, 1.165) is 38.5 Å². The molecule has 0 aromatic carbocycles. The van der Waals surface area contributed by atoms with Gasteiger partial charge in [-0.15, -0.1) is 0 Å². The van der Waals surface area contributed by atoms with Crippen LogP contribution in [0.5, 0.6) is 0 Å². The summed E-state index contributed by atoms with van der Waals surface area (Å²) < 4.78 is 5.50. The number of allylic oxidation sites excluding steroid dienone is 1. The van der Waals surface area contributed by atoms with E-state index in [-0.39, 0.29) is 18.5 Å². The highest BCUT2D eigenvalue weighted by atomic mass is 16.5. The molecule has 0 saturated carbocycles. The Kier molecular flexibility index (Phi) is 57.0. The minimum Gasteiger partial charge on any atom is -0.466 e. The third-order valence-electron chi connectivity index (χ3n) is 14.6. The van der Waals surface area contributed by atoms with Crippen LogP contribution in [0.2, 0.25) is 0 Å². The van der Waals surface area contributed by atoms with Crippen molar-refractivity contribution in [2.75, 3.05) is 13.2 Å². The number of ether oxygens (including phenoxy) is 1. The van der Waals surface area contributed by atoms with Crippen LogP contribution >= 0.6 is 0 Å². The Hall–Kier alpha value is -1.40. The fourth-order valence-electron chi connectivity index (χ4n) is 9.81. The van der Waals surface area contributed by atoms with Gasteiger partial charge in [-0.1, -0.05) is 315 Å². The molecular weight excluding hydrogens is 839 g/mol. The van der Waals surface area contributed by atoms with Crippen molar-refractivity contribution >= 4 is 11.9 Å². The summed E-state index contributed by atoms with van der Waals surface area (Å²) in [6.07, 6.45) is 69.9. The zero-order valence-corrected chi connectivity index (χ0v) is 46.1. The molecule has 0 heterocycles. The number of hydrogen-bond donors (Lipinski definition) is 3. The fourth-order valence-corrected chi connectivity index (χ4v) is 9.81. The first-order valence-electron chi connectivity index (χ1n) is 31.0. The lowest BCUT2D eigenvalue weighted by molar-refractivity contribution is -0.143. The third kappa shape index (κ3) is 53.9. The van der Waals surface area contributed by atoms with Crippen LogP contribution in [0, 0.1) is 0 Å². The molecule has 0 aliphatic heterocycles. The van der Waals surface area contributed by atoms with Gasteiger partial charge in [0.2, 0.25) is 5.91 Å². The summed E-state index contributed by atoms with van der Waals surface area (Å²) in [7, 11) is 0. The Morgan fingerprint density at radius 3 is 1.00 bits per heavy atom. The summed E-state index contributed by atoms with van der Waals surface area (Å²) >= 11 is 0. The Labute approximate surface area is 425 Å². The van der Waals surface area contributed by atoms with Crippen molar-refractivity contribution in [3.05, 3.63) is 12.2 Å². The largest absolute Gasteiger partial charge is 0.466 e. The van der Waals surface area contributed by atoms with E-state index in [1.165, 1.54) is 283 Å². The molecule has 68 heavy (non-hydrogen) atoms. The molecule has 0 radical (unpaired) electrons. The average molecular weight is 961 g/mol. The second kappa shape index (κ2) is 58.2. The predicted molar refractivity (Wildman–Crippen MR) is 297 cm³/mol. The molecule has 0 spiro atoms. The molecule has 0 saturated heterocycles. The summed E-state index contributed by atoms with van der Waals surface area (Å²) in [5.74, 6) is -0.0473. The van der Waals surface area contributed by atoms with Gasteiger partial charge in [-0.05, 0) is 32.1 Å². The van der Waals surface area contributed by atoms with Gasteiger partial charge in [0.1, 0.15) is 0 Å². The summed E-state index contributed by atoms with van der Waals surface area (Å²) in [5.41, 5.74) is 0. The molecule has 6 nitrogen and oxygen atoms in total. The summed E-state index contributed by atoms with van der Waals surface area (Å²) in [6, 6.07) is -0.623. The van der Waals surface area contributed by atoms with Crippen LogP contribution in [0.15, 0.2) is 12.2 Å². The first kappa shape index (κ1) is 66.6. The molecule has 0 rings (SSSR count). The van der Waals surface area contributed by atoms with Crippen molar-refractivity contribution < 1.29 is 24.5 Å². The molecule has 2 unspecified atom stereocenters. The third-order valence-corrected chi connectivity index (χ3v) is 14.6. The minimum atomic E-state index is -0.840. The quantitative estimate of drug-likeness (QED) is 0.0321. The van der Waals surface area contributed by atoms with Gasteiger partial charge in [-0.2, -0.15) is 0 Å². The van der Waals surface area contributed by atoms with Crippen LogP contribution in [-0.2, 0) is 14.3 Å². The highest BCUT2D eigenvalue weighted by Crippen LogP contribution is 2.18. The van der Waals surface area contributed by atoms with Gasteiger partial charge in [0, 0.05) is 12.8 Å². The van der Waals surface area contributed by atoms with Gasteiger partial charge in [0.15, 0.2) is 0 Å². The molecule has 0 aliphatic rings. The Morgan fingerprint density at radius 1 is 0.397 bits per heavy atom. The van der Waals surface area contributed by atoms with Crippen molar-refractivity contribution in [3.8, 4) is 0 Å². The lowest BCUT2D eigenvalue weighted by Gasteiger charge is -2.20. The van der Waals surface area contributed by atoms with Gasteiger partial charge in [-0.25, -0.2) is 0 Å². The normalized spacial score (nSPS) is 12.6. The Balaban J connectivity index is 3.31. The zero-order chi connectivity index (χ0) is 49.3. The van der Waals surface area contributed by atoms with Crippen molar-refractivity contribution in [2.24, 2.45) is 0 Å². The lowest BCUT2D eigenvalue weighted by atomic mass is 10.0. The molecule has 1 amide bonds. The molecule has 404 valence electrons. The van der Waals surface area contributed by atoms with E-state index < -0.39 is 12.1 Å². The monoisotopic (exact) mass is 960 g/mol. The molecule has 0 aliphatic carbocycles. The number of amides is 1. The molecule has 0 bridgehead atoms. The number of hydrogen-bond acceptors (Lipinski definition) is 5.